The van der Waals surface area contributed by atoms with Crippen LogP contribution in [0.1, 0.15) is 31.2 Å². The summed E-state index contributed by atoms with van der Waals surface area (Å²) < 4.78 is 0. The Kier molecular flexibility index (Phi) is 2.54. The maximum Gasteiger partial charge on any atom is 0.232 e. The minimum atomic E-state index is 0.0201. The number of hydrogen-bond acceptors (Lipinski definition) is 2. The number of carbonyl (C=O) groups is 1. The summed E-state index contributed by atoms with van der Waals surface area (Å²) in [6.45, 7) is 3.83. The predicted octanol–water partition coefficient (Wildman–Crippen LogP) is 2.21. The number of benzene rings is 1. The average molecular weight is 230 g/mol. The standard InChI is InChI=1S/C14H18N2O/c1-10-5-4-8-16(10)14(17)12-9-15-13-7-3-2-6-11(12)13/h2-3,6-7,10,12,15H,4-5,8-9H2,1H3. The fraction of sp³-hybridized carbons (Fsp3) is 0.500. The molecule has 0 radical (unpaired) electrons. The number of amides is 1. The van der Waals surface area contributed by atoms with Crippen molar-refractivity contribution >= 4 is 11.6 Å². The van der Waals surface area contributed by atoms with Gasteiger partial charge in [0.15, 0.2) is 0 Å². The number of hydrogen-bond donors (Lipinski definition) is 1. The van der Waals surface area contributed by atoms with Gasteiger partial charge in [0, 0.05) is 24.8 Å². The second kappa shape index (κ2) is 4.06. The summed E-state index contributed by atoms with van der Waals surface area (Å²) in [4.78, 5) is 14.6. The molecule has 2 atom stereocenters. The Morgan fingerprint density at radius 1 is 1.41 bits per heavy atom. The molecular weight excluding hydrogens is 212 g/mol. The number of nitrogens with one attached hydrogen (secondary N) is 1. The molecule has 3 rings (SSSR count). The van der Waals surface area contributed by atoms with Crippen molar-refractivity contribution in [3.05, 3.63) is 29.8 Å². The first-order valence-electron chi connectivity index (χ1n) is 6.40. The molecule has 1 aromatic carbocycles. The summed E-state index contributed by atoms with van der Waals surface area (Å²) in [5.74, 6) is 0.319. The molecule has 1 aromatic rings. The van der Waals surface area contributed by atoms with Crippen LogP contribution >= 0.6 is 0 Å². The lowest BCUT2D eigenvalue weighted by molar-refractivity contribution is -0.132. The molecule has 3 nitrogen and oxygen atoms in total. The van der Waals surface area contributed by atoms with E-state index in [0.717, 1.165) is 37.2 Å². The van der Waals surface area contributed by atoms with Gasteiger partial charge in [-0.2, -0.15) is 0 Å². The van der Waals surface area contributed by atoms with Crippen molar-refractivity contribution in [1.82, 2.24) is 4.90 Å². The maximum atomic E-state index is 12.5. The molecule has 2 aliphatic heterocycles. The first-order chi connectivity index (χ1) is 8.27. The van der Waals surface area contributed by atoms with Crippen molar-refractivity contribution in [1.29, 1.82) is 0 Å². The predicted molar refractivity (Wildman–Crippen MR) is 68.1 cm³/mol. The number of nitrogens with zero attached hydrogens (tertiary/aromatic N) is 1. The largest absolute Gasteiger partial charge is 0.384 e. The van der Waals surface area contributed by atoms with E-state index in [4.69, 9.17) is 0 Å². The van der Waals surface area contributed by atoms with Gasteiger partial charge >= 0.3 is 0 Å². The fourth-order valence-corrected chi connectivity index (χ4v) is 2.97. The molecule has 1 saturated heterocycles. The van der Waals surface area contributed by atoms with Crippen molar-refractivity contribution < 1.29 is 4.79 Å². The number of para-hydroxylation sites is 1. The van der Waals surface area contributed by atoms with Crippen LogP contribution in [0.25, 0.3) is 0 Å². The quantitative estimate of drug-likeness (QED) is 0.802. The van der Waals surface area contributed by atoms with Gasteiger partial charge < -0.3 is 10.2 Å². The van der Waals surface area contributed by atoms with Crippen LogP contribution < -0.4 is 5.32 Å². The van der Waals surface area contributed by atoms with Gasteiger partial charge in [0.2, 0.25) is 5.91 Å². The number of anilines is 1. The van der Waals surface area contributed by atoms with E-state index >= 15 is 0 Å². The van der Waals surface area contributed by atoms with E-state index in [-0.39, 0.29) is 5.92 Å². The topological polar surface area (TPSA) is 32.3 Å². The highest BCUT2D eigenvalue weighted by Crippen LogP contribution is 2.33. The van der Waals surface area contributed by atoms with Crippen LogP contribution in [-0.2, 0) is 4.79 Å². The second-order valence-electron chi connectivity index (χ2n) is 5.04. The van der Waals surface area contributed by atoms with E-state index < -0.39 is 0 Å². The monoisotopic (exact) mass is 230 g/mol. The molecule has 2 unspecified atom stereocenters. The van der Waals surface area contributed by atoms with E-state index in [1.165, 1.54) is 0 Å². The van der Waals surface area contributed by atoms with Gasteiger partial charge in [0.1, 0.15) is 0 Å². The first-order valence-corrected chi connectivity index (χ1v) is 6.40. The number of fused-ring (bicyclic) bond motifs is 1. The number of rotatable bonds is 1. The summed E-state index contributed by atoms with van der Waals surface area (Å²) >= 11 is 0. The molecule has 0 aromatic heterocycles. The van der Waals surface area contributed by atoms with Gasteiger partial charge in [-0.1, -0.05) is 18.2 Å². The van der Waals surface area contributed by atoms with Gasteiger partial charge in [0.25, 0.3) is 0 Å². The van der Waals surface area contributed by atoms with Crippen molar-refractivity contribution in [2.45, 2.75) is 31.7 Å². The number of likely N-dealkylation sites (tertiary alicyclic amines) is 1. The molecule has 2 heterocycles. The van der Waals surface area contributed by atoms with Crippen molar-refractivity contribution in [2.75, 3.05) is 18.4 Å². The van der Waals surface area contributed by atoms with Gasteiger partial charge in [-0.25, -0.2) is 0 Å². The molecule has 1 fully saturated rings. The molecule has 17 heavy (non-hydrogen) atoms. The Balaban J connectivity index is 1.84. The summed E-state index contributed by atoms with van der Waals surface area (Å²) in [5, 5.41) is 3.32. The zero-order valence-electron chi connectivity index (χ0n) is 10.1. The zero-order chi connectivity index (χ0) is 11.8. The molecule has 2 aliphatic rings. The van der Waals surface area contributed by atoms with Gasteiger partial charge in [-0.3, -0.25) is 4.79 Å². The Labute approximate surface area is 102 Å². The Hall–Kier alpha value is -1.51. The second-order valence-corrected chi connectivity index (χ2v) is 5.04. The van der Waals surface area contributed by atoms with E-state index in [1.807, 2.05) is 12.1 Å². The highest BCUT2D eigenvalue weighted by molar-refractivity contribution is 5.88. The molecular formula is C14H18N2O. The third-order valence-corrected chi connectivity index (χ3v) is 3.97. The molecule has 0 bridgehead atoms. The molecule has 1 N–H and O–H groups in total. The molecule has 1 amide bonds. The minimum absolute atomic E-state index is 0.0201. The van der Waals surface area contributed by atoms with Crippen LogP contribution in [0.5, 0.6) is 0 Å². The summed E-state index contributed by atoms with van der Waals surface area (Å²) in [6, 6.07) is 8.56. The van der Waals surface area contributed by atoms with Crippen LogP contribution in [0.2, 0.25) is 0 Å². The van der Waals surface area contributed by atoms with Crippen LogP contribution in [-0.4, -0.2) is 29.9 Å². The van der Waals surface area contributed by atoms with Crippen LogP contribution in [0.3, 0.4) is 0 Å². The smallest absolute Gasteiger partial charge is 0.232 e. The molecule has 3 heteroatoms. The lowest BCUT2D eigenvalue weighted by atomic mass is 9.99. The molecule has 0 spiro atoms. The summed E-state index contributed by atoms with van der Waals surface area (Å²) in [5.41, 5.74) is 2.29. The molecule has 0 aliphatic carbocycles. The molecule has 90 valence electrons. The lowest BCUT2D eigenvalue weighted by Crippen LogP contribution is -2.37. The number of carbonyl (C=O) groups excluding carboxylic acids is 1. The molecule has 0 saturated carbocycles. The third-order valence-electron chi connectivity index (χ3n) is 3.97. The van der Waals surface area contributed by atoms with E-state index in [1.54, 1.807) is 0 Å². The van der Waals surface area contributed by atoms with Gasteiger partial charge in [-0.05, 0) is 31.4 Å². The Morgan fingerprint density at radius 2 is 2.24 bits per heavy atom. The van der Waals surface area contributed by atoms with Gasteiger partial charge in [0.05, 0.1) is 5.92 Å². The maximum absolute atomic E-state index is 12.5. The van der Waals surface area contributed by atoms with Gasteiger partial charge in [-0.15, -0.1) is 0 Å². The average Bonchev–Trinajstić information content (AvgIpc) is 2.94. The van der Waals surface area contributed by atoms with Crippen molar-refractivity contribution in [3.63, 3.8) is 0 Å². The summed E-state index contributed by atoms with van der Waals surface area (Å²) in [7, 11) is 0. The summed E-state index contributed by atoms with van der Waals surface area (Å²) in [6.07, 6.45) is 2.29. The van der Waals surface area contributed by atoms with Crippen LogP contribution in [0.15, 0.2) is 24.3 Å². The van der Waals surface area contributed by atoms with E-state index in [0.29, 0.717) is 11.9 Å². The lowest BCUT2D eigenvalue weighted by Gasteiger charge is -2.24. The normalized spacial score (nSPS) is 26.8. The van der Waals surface area contributed by atoms with Crippen molar-refractivity contribution in [3.8, 4) is 0 Å². The first kappa shape index (κ1) is 10.6. The minimum Gasteiger partial charge on any atom is -0.384 e. The third kappa shape index (κ3) is 1.70. The van der Waals surface area contributed by atoms with Crippen LogP contribution in [0, 0.1) is 0 Å². The zero-order valence-corrected chi connectivity index (χ0v) is 10.1. The van der Waals surface area contributed by atoms with E-state index in [9.17, 15) is 4.79 Å². The van der Waals surface area contributed by atoms with E-state index in [2.05, 4.69) is 29.3 Å². The Bertz CT molecular complexity index is 444. The Morgan fingerprint density at radius 3 is 3.00 bits per heavy atom. The highest BCUT2D eigenvalue weighted by atomic mass is 16.2. The van der Waals surface area contributed by atoms with Crippen molar-refractivity contribution in [2.24, 2.45) is 0 Å². The highest BCUT2D eigenvalue weighted by Gasteiger charge is 2.34. The fourth-order valence-electron chi connectivity index (χ4n) is 2.97. The SMILES string of the molecule is CC1CCCN1C(=O)C1CNc2ccccc21. The van der Waals surface area contributed by atoms with Crippen LogP contribution in [0.4, 0.5) is 5.69 Å².